The van der Waals surface area contributed by atoms with Crippen LogP contribution in [0.5, 0.6) is 0 Å². The lowest BCUT2D eigenvalue weighted by molar-refractivity contribution is -0.116. The largest absolute Gasteiger partial charge is 0.383 e. The fourth-order valence-electron chi connectivity index (χ4n) is 2.74. The third-order valence-corrected chi connectivity index (χ3v) is 5.50. The summed E-state index contributed by atoms with van der Waals surface area (Å²) in [5.41, 5.74) is 0.854. The van der Waals surface area contributed by atoms with Crippen molar-refractivity contribution >= 4 is 44.7 Å². The first kappa shape index (κ1) is 19.3. The van der Waals surface area contributed by atoms with Crippen LogP contribution in [-0.2, 0) is 22.6 Å². The molecule has 0 spiro atoms. The summed E-state index contributed by atoms with van der Waals surface area (Å²) in [5, 5.41) is 5.03. The maximum Gasteiger partial charge on any atom is 0.332 e. The minimum absolute atomic E-state index is 0.122. The average Bonchev–Trinajstić information content (AvgIpc) is 3.12. The molecule has 3 aromatic rings. The molecule has 27 heavy (non-hydrogen) atoms. The molecule has 1 aromatic carbocycles. The lowest BCUT2D eigenvalue weighted by Gasteiger charge is -2.13. The molecule has 0 bridgehead atoms. The number of thiophene rings is 1. The molecule has 0 atom stereocenters. The summed E-state index contributed by atoms with van der Waals surface area (Å²) in [6.45, 7) is 1.92. The Morgan fingerprint density at radius 3 is 2.78 bits per heavy atom. The molecular weight excluding hydrogens is 390 g/mol. The number of carbonyl (C=O) groups excluding carboxylic acids is 1. The quantitative estimate of drug-likeness (QED) is 0.680. The van der Waals surface area contributed by atoms with Crippen LogP contribution in [0.2, 0.25) is 5.02 Å². The van der Waals surface area contributed by atoms with E-state index in [9.17, 15) is 14.4 Å². The van der Waals surface area contributed by atoms with Gasteiger partial charge in [-0.15, -0.1) is 11.3 Å². The van der Waals surface area contributed by atoms with Crippen LogP contribution < -0.4 is 16.6 Å². The summed E-state index contributed by atoms with van der Waals surface area (Å²) < 4.78 is 7.81. The van der Waals surface area contributed by atoms with Crippen molar-refractivity contribution in [3.8, 4) is 0 Å². The summed E-state index contributed by atoms with van der Waals surface area (Å²) in [4.78, 5) is 37.9. The van der Waals surface area contributed by atoms with Crippen molar-refractivity contribution < 1.29 is 9.53 Å². The van der Waals surface area contributed by atoms with Crippen LogP contribution in [0.25, 0.3) is 10.2 Å². The Hall–Kier alpha value is -2.42. The molecule has 0 radical (unpaired) electrons. The maximum atomic E-state index is 12.8. The van der Waals surface area contributed by atoms with Crippen LogP contribution in [0.15, 0.2) is 39.2 Å². The Balaban J connectivity index is 1.97. The molecule has 2 aromatic heterocycles. The Morgan fingerprint density at radius 2 is 2.04 bits per heavy atom. The van der Waals surface area contributed by atoms with Crippen molar-refractivity contribution in [2.45, 2.75) is 20.0 Å². The smallest absolute Gasteiger partial charge is 0.332 e. The lowest BCUT2D eigenvalue weighted by atomic mass is 10.2. The Labute approximate surface area is 163 Å². The van der Waals surface area contributed by atoms with Gasteiger partial charge in [0, 0.05) is 17.8 Å². The van der Waals surface area contributed by atoms with Gasteiger partial charge in [0.05, 0.1) is 18.7 Å². The van der Waals surface area contributed by atoms with Gasteiger partial charge in [-0.1, -0.05) is 17.7 Å². The molecule has 7 nitrogen and oxygen atoms in total. The second-order valence-electron chi connectivity index (χ2n) is 5.91. The van der Waals surface area contributed by atoms with E-state index in [1.54, 1.807) is 36.6 Å². The van der Waals surface area contributed by atoms with E-state index in [0.29, 0.717) is 20.9 Å². The van der Waals surface area contributed by atoms with Crippen molar-refractivity contribution in [2.24, 2.45) is 0 Å². The van der Waals surface area contributed by atoms with Gasteiger partial charge in [-0.3, -0.25) is 18.7 Å². The number of benzene rings is 1. The standard InChI is InChI=1S/C18H18ClN3O4S/c1-11-12(19)4-3-5-13(11)20-15(23)10-22-14-6-9-27-16(14)17(24)21(18(22)25)7-8-26-2/h3-6,9H,7-8,10H2,1-2H3,(H,20,23). The number of hydrogen-bond acceptors (Lipinski definition) is 5. The molecule has 0 saturated carbocycles. The highest BCUT2D eigenvalue weighted by molar-refractivity contribution is 7.17. The summed E-state index contributed by atoms with van der Waals surface area (Å²) in [6.07, 6.45) is 0. The second kappa shape index (κ2) is 8.08. The van der Waals surface area contributed by atoms with E-state index >= 15 is 0 Å². The van der Waals surface area contributed by atoms with E-state index in [0.717, 1.165) is 10.1 Å². The highest BCUT2D eigenvalue weighted by atomic mass is 35.5. The molecule has 2 heterocycles. The zero-order chi connectivity index (χ0) is 19.6. The maximum absolute atomic E-state index is 12.8. The predicted molar refractivity (Wildman–Crippen MR) is 107 cm³/mol. The number of carbonyl (C=O) groups is 1. The zero-order valence-corrected chi connectivity index (χ0v) is 16.4. The summed E-state index contributed by atoms with van der Waals surface area (Å²) in [5.74, 6) is -0.382. The Bertz CT molecular complexity index is 1120. The van der Waals surface area contributed by atoms with Gasteiger partial charge >= 0.3 is 5.69 Å². The van der Waals surface area contributed by atoms with Crippen LogP contribution in [0.4, 0.5) is 5.69 Å². The first-order valence-electron chi connectivity index (χ1n) is 8.18. The predicted octanol–water partition coefficient (Wildman–Crippen LogP) is 2.47. The van der Waals surface area contributed by atoms with E-state index in [4.69, 9.17) is 16.3 Å². The number of hydrogen-bond donors (Lipinski definition) is 1. The van der Waals surface area contributed by atoms with Crippen LogP contribution in [0.1, 0.15) is 5.56 Å². The number of methoxy groups -OCH3 is 1. The molecule has 0 unspecified atom stereocenters. The normalized spacial score (nSPS) is 11.1. The number of amides is 1. The molecule has 0 aliphatic rings. The van der Waals surface area contributed by atoms with Crippen LogP contribution in [0.3, 0.4) is 0 Å². The van der Waals surface area contributed by atoms with Gasteiger partial charge in [0.2, 0.25) is 5.91 Å². The number of ether oxygens (including phenoxy) is 1. The molecule has 0 saturated heterocycles. The lowest BCUT2D eigenvalue weighted by Crippen LogP contribution is -2.42. The molecule has 0 aliphatic heterocycles. The van der Waals surface area contributed by atoms with E-state index in [-0.39, 0.29) is 31.2 Å². The first-order valence-corrected chi connectivity index (χ1v) is 9.44. The minimum atomic E-state index is -0.541. The highest BCUT2D eigenvalue weighted by Crippen LogP contribution is 2.23. The van der Waals surface area contributed by atoms with Crippen molar-refractivity contribution in [3.05, 3.63) is 61.1 Å². The number of rotatable bonds is 6. The van der Waals surface area contributed by atoms with Gasteiger partial charge < -0.3 is 10.1 Å². The van der Waals surface area contributed by atoms with Crippen LogP contribution >= 0.6 is 22.9 Å². The fraction of sp³-hybridized carbons (Fsp3) is 0.278. The third-order valence-electron chi connectivity index (χ3n) is 4.20. The minimum Gasteiger partial charge on any atom is -0.383 e. The number of nitrogens with zero attached hydrogens (tertiary/aromatic N) is 2. The monoisotopic (exact) mass is 407 g/mol. The second-order valence-corrected chi connectivity index (χ2v) is 7.24. The van der Waals surface area contributed by atoms with Gasteiger partial charge in [0.15, 0.2) is 0 Å². The first-order chi connectivity index (χ1) is 12.9. The number of halogens is 1. The highest BCUT2D eigenvalue weighted by Gasteiger charge is 2.17. The van der Waals surface area contributed by atoms with Crippen LogP contribution in [0, 0.1) is 6.92 Å². The number of aromatic nitrogens is 2. The molecule has 0 aliphatic carbocycles. The topological polar surface area (TPSA) is 82.3 Å². The average molecular weight is 408 g/mol. The Morgan fingerprint density at radius 1 is 1.26 bits per heavy atom. The molecule has 142 valence electrons. The van der Waals surface area contributed by atoms with Crippen LogP contribution in [-0.4, -0.2) is 28.8 Å². The SMILES string of the molecule is COCCn1c(=O)c2sccc2n(CC(=O)Nc2cccc(Cl)c2C)c1=O. The van der Waals surface area contributed by atoms with E-state index in [1.807, 2.05) is 0 Å². The van der Waals surface area contributed by atoms with Crippen molar-refractivity contribution in [1.29, 1.82) is 0 Å². The number of anilines is 1. The molecule has 9 heteroatoms. The van der Waals surface area contributed by atoms with Gasteiger partial charge in [0.1, 0.15) is 11.2 Å². The number of nitrogens with one attached hydrogen (secondary N) is 1. The summed E-state index contributed by atoms with van der Waals surface area (Å²) in [6, 6.07) is 6.87. The van der Waals surface area contributed by atoms with E-state index in [1.165, 1.54) is 23.0 Å². The summed E-state index contributed by atoms with van der Waals surface area (Å²) >= 11 is 7.31. The molecular formula is C18H18ClN3O4S. The Kier molecular flexibility index (Phi) is 5.79. The fourth-order valence-corrected chi connectivity index (χ4v) is 3.76. The van der Waals surface area contributed by atoms with Gasteiger partial charge in [-0.05, 0) is 36.1 Å². The van der Waals surface area contributed by atoms with Gasteiger partial charge in [-0.25, -0.2) is 4.79 Å². The zero-order valence-electron chi connectivity index (χ0n) is 14.8. The summed E-state index contributed by atoms with van der Waals surface area (Å²) in [7, 11) is 1.49. The van der Waals surface area contributed by atoms with E-state index < -0.39 is 5.69 Å². The molecule has 0 fully saturated rings. The third kappa shape index (κ3) is 3.83. The van der Waals surface area contributed by atoms with Crippen molar-refractivity contribution in [1.82, 2.24) is 9.13 Å². The van der Waals surface area contributed by atoms with Crippen molar-refractivity contribution in [3.63, 3.8) is 0 Å². The van der Waals surface area contributed by atoms with Gasteiger partial charge in [-0.2, -0.15) is 0 Å². The van der Waals surface area contributed by atoms with Crippen molar-refractivity contribution in [2.75, 3.05) is 19.0 Å². The molecule has 1 N–H and O–H groups in total. The van der Waals surface area contributed by atoms with Gasteiger partial charge in [0.25, 0.3) is 5.56 Å². The molecule has 1 amide bonds. The number of fused-ring (bicyclic) bond motifs is 1. The molecule has 3 rings (SSSR count). The van der Waals surface area contributed by atoms with E-state index in [2.05, 4.69) is 5.32 Å².